The third-order valence-electron chi connectivity index (χ3n) is 3.10. The van der Waals surface area contributed by atoms with Gasteiger partial charge in [-0.3, -0.25) is 0 Å². The van der Waals surface area contributed by atoms with Gasteiger partial charge >= 0.3 is 0 Å². The molecule has 1 aromatic carbocycles. The summed E-state index contributed by atoms with van der Waals surface area (Å²) in [7, 11) is 0. The highest BCUT2D eigenvalue weighted by Crippen LogP contribution is 2.17. The molecular formula is C14H18N2O. The topological polar surface area (TPSA) is 45.0 Å². The van der Waals surface area contributed by atoms with Gasteiger partial charge in [0.25, 0.3) is 0 Å². The van der Waals surface area contributed by atoms with E-state index in [0.29, 0.717) is 11.7 Å². The maximum atomic E-state index is 8.95. The number of para-hydroxylation sites is 1. The van der Waals surface area contributed by atoms with Crippen LogP contribution < -0.4 is 5.32 Å². The Balaban J connectivity index is 1.79. The van der Waals surface area contributed by atoms with Crippen LogP contribution in [0.1, 0.15) is 31.2 Å². The van der Waals surface area contributed by atoms with Crippen molar-refractivity contribution in [2.75, 3.05) is 18.5 Å². The summed E-state index contributed by atoms with van der Waals surface area (Å²) in [5.74, 6) is 0. The zero-order chi connectivity index (χ0) is 11.9. The first-order valence-electron chi connectivity index (χ1n) is 6.25. The van der Waals surface area contributed by atoms with Gasteiger partial charge in [-0.2, -0.15) is 5.26 Å². The van der Waals surface area contributed by atoms with Gasteiger partial charge < -0.3 is 10.1 Å². The van der Waals surface area contributed by atoms with Crippen molar-refractivity contribution in [1.82, 2.24) is 0 Å². The fraction of sp³-hybridized carbons (Fsp3) is 0.500. The van der Waals surface area contributed by atoms with Crippen molar-refractivity contribution >= 4 is 5.69 Å². The lowest BCUT2D eigenvalue weighted by molar-refractivity contribution is 0.0134. The molecule has 17 heavy (non-hydrogen) atoms. The van der Waals surface area contributed by atoms with Crippen molar-refractivity contribution in [3.63, 3.8) is 0 Å². The molecule has 0 aromatic heterocycles. The molecule has 1 fully saturated rings. The molecule has 0 spiro atoms. The molecule has 0 saturated carbocycles. The molecule has 0 radical (unpaired) electrons. The molecule has 1 aromatic rings. The second-order valence-corrected chi connectivity index (χ2v) is 4.36. The molecule has 1 saturated heterocycles. The van der Waals surface area contributed by atoms with Crippen LogP contribution in [0.15, 0.2) is 24.3 Å². The lowest BCUT2D eigenvalue weighted by Gasteiger charge is -2.22. The number of hydrogen-bond acceptors (Lipinski definition) is 3. The minimum Gasteiger partial charge on any atom is -0.384 e. The van der Waals surface area contributed by atoms with Gasteiger partial charge in [0.15, 0.2) is 0 Å². The molecule has 3 nitrogen and oxygen atoms in total. The smallest absolute Gasteiger partial charge is 0.101 e. The molecule has 90 valence electrons. The van der Waals surface area contributed by atoms with Gasteiger partial charge in [-0.15, -0.1) is 0 Å². The van der Waals surface area contributed by atoms with E-state index >= 15 is 0 Å². The van der Waals surface area contributed by atoms with Gasteiger partial charge in [-0.25, -0.2) is 0 Å². The number of nitriles is 1. The molecule has 0 amide bonds. The Bertz CT molecular complexity index is 391. The zero-order valence-electron chi connectivity index (χ0n) is 9.98. The second-order valence-electron chi connectivity index (χ2n) is 4.36. The van der Waals surface area contributed by atoms with Crippen LogP contribution in [0.25, 0.3) is 0 Å². The molecule has 1 heterocycles. The van der Waals surface area contributed by atoms with Gasteiger partial charge in [-0.05, 0) is 37.8 Å². The molecule has 1 N–H and O–H groups in total. The van der Waals surface area contributed by atoms with E-state index in [1.54, 1.807) is 0 Å². The van der Waals surface area contributed by atoms with Gasteiger partial charge in [0.05, 0.1) is 17.4 Å². The van der Waals surface area contributed by atoms with E-state index in [2.05, 4.69) is 11.4 Å². The largest absolute Gasteiger partial charge is 0.384 e. The van der Waals surface area contributed by atoms with Crippen LogP contribution in [-0.4, -0.2) is 19.3 Å². The van der Waals surface area contributed by atoms with Crippen LogP contribution in [0.3, 0.4) is 0 Å². The molecule has 0 bridgehead atoms. The van der Waals surface area contributed by atoms with Crippen molar-refractivity contribution in [2.24, 2.45) is 0 Å². The molecule has 1 unspecified atom stereocenters. The van der Waals surface area contributed by atoms with E-state index in [1.165, 1.54) is 19.3 Å². The van der Waals surface area contributed by atoms with Crippen molar-refractivity contribution in [3.8, 4) is 6.07 Å². The van der Waals surface area contributed by atoms with Crippen LogP contribution in [0, 0.1) is 11.3 Å². The number of benzene rings is 1. The van der Waals surface area contributed by atoms with Crippen LogP contribution in [-0.2, 0) is 4.74 Å². The Morgan fingerprint density at radius 3 is 3.00 bits per heavy atom. The second kappa shape index (κ2) is 6.27. The third kappa shape index (κ3) is 3.47. The van der Waals surface area contributed by atoms with Gasteiger partial charge in [-0.1, -0.05) is 12.1 Å². The van der Waals surface area contributed by atoms with Crippen molar-refractivity contribution in [1.29, 1.82) is 5.26 Å². The quantitative estimate of drug-likeness (QED) is 0.865. The Morgan fingerprint density at radius 1 is 1.35 bits per heavy atom. The van der Waals surface area contributed by atoms with Crippen molar-refractivity contribution in [2.45, 2.75) is 31.8 Å². The van der Waals surface area contributed by atoms with E-state index in [9.17, 15) is 0 Å². The molecule has 1 aliphatic heterocycles. The Kier molecular flexibility index (Phi) is 4.40. The minimum absolute atomic E-state index is 0.394. The summed E-state index contributed by atoms with van der Waals surface area (Å²) in [6, 6.07) is 9.80. The van der Waals surface area contributed by atoms with E-state index in [-0.39, 0.29) is 0 Å². The summed E-state index contributed by atoms with van der Waals surface area (Å²) in [4.78, 5) is 0. The summed E-state index contributed by atoms with van der Waals surface area (Å²) in [5.41, 5.74) is 1.63. The van der Waals surface area contributed by atoms with Crippen LogP contribution >= 0.6 is 0 Å². The maximum absolute atomic E-state index is 8.95. The van der Waals surface area contributed by atoms with Crippen LogP contribution in [0.2, 0.25) is 0 Å². The number of hydrogen-bond donors (Lipinski definition) is 1. The predicted molar refractivity (Wildman–Crippen MR) is 67.9 cm³/mol. The third-order valence-corrected chi connectivity index (χ3v) is 3.10. The van der Waals surface area contributed by atoms with Crippen molar-refractivity contribution < 1.29 is 4.74 Å². The number of rotatable bonds is 4. The van der Waals surface area contributed by atoms with Crippen LogP contribution in [0.4, 0.5) is 5.69 Å². The summed E-state index contributed by atoms with van der Waals surface area (Å²) < 4.78 is 5.67. The average Bonchev–Trinajstić information content (AvgIpc) is 2.40. The summed E-state index contributed by atoms with van der Waals surface area (Å²) in [6.07, 6.45) is 5.05. The average molecular weight is 230 g/mol. The Labute approximate surface area is 102 Å². The van der Waals surface area contributed by atoms with Crippen molar-refractivity contribution in [3.05, 3.63) is 29.8 Å². The normalized spacial score (nSPS) is 19.6. The molecule has 2 rings (SSSR count). The highest BCUT2D eigenvalue weighted by Gasteiger charge is 2.13. The molecule has 1 atom stereocenters. The first-order chi connectivity index (χ1) is 8.40. The summed E-state index contributed by atoms with van der Waals surface area (Å²) >= 11 is 0. The Morgan fingerprint density at radius 2 is 2.24 bits per heavy atom. The van der Waals surface area contributed by atoms with Gasteiger partial charge in [0, 0.05) is 13.2 Å². The zero-order valence-corrected chi connectivity index (χ0v) is 9.98. The fourth-order valence-corrected chi connectivity index (χ4v) is 2.14. The highest BCUT2D eigenvalue weighted by atomic mass is 16.5. The lowest BCUT2D eigenvalue weighted by atomic mass is 10.1. The lowest BCUT2D eigenvalue weighted by Crippen LogP contribution is -2.22. The van der Waals surface area contributed by atoms with Crippen LogP contribution in [0.5, 0.6) is 0 Å². The fourth-order valence-electron chi connectivity index (χ4n) is 2.14. The van der Waals surface area contributed by atoms with E-state index in [4.69, 9.17) is 10.00 Å². The molecule has 3 heteroatoms. The van der Waals surface area contributed by atoms with Gasteiger partial charge in [0.2, 0.25) is 0 Å². The van der Waals surface area contributed by atoms with E-state index in [1.807, 2.05) is 24.3 Å². The number of ether oxygens (including phenoxy) is 1. The van der Waals surface area contributed by atoms with E-state index < -0.39 is 0 Å². The first-order valence-corrected chi connectivity index (χ1v) is 6.25. The number of nitrogens with zero attached hydrogens (tertiary/aromatic N) is 1. The van der Waals surface area contributed by atoms with Gasteiger partial charge in [0.1, 0.15) is 6.07 Å². The monoisotopic (exact) mass is 230 g/mol. The number of nitrogens with one attached hydrogen (secondary N) is 1. The number of anilines is 1. The molecule has 0 aliphatic carbocycles. The Hall–Kier alpha value is -1.53. The highest BCUT2D eigenvalue weighted by molar-refractivity contribution is 5.56. The molecular weight excluding hydrogens is 212 g/mol. The summed E-state index contributed by atoms with van der Waals surface area (Å²) in [6.45, 7) is 1.77. The SMILES string of the molecule is N#Cc1ccccc1NCCC1CCCCO1. The van der Waals surface area contributed by atoms with E-state index in [0.717, 1.165) is 25.3 Å². The summed E-state index contributed by atoms with van der Waals surface area (Å²) in [5, 5.41) is 12.3. The minimum atomic E-state index is 0.394. The molecule has 1 aliphatic rings. The first kappa shape index (κ1) is 11.9. The predicted octanol–water partition coefficient (Wildman–Crippen LogP) is 2.93. The maximum Gasteiger partial charge on any atom is 0.101 e. The standard InChI is InChI=1S/C14H18N2O/c15-11-12-5-1-2-7-14(12)16-9-8-13-6-3-4-10-17-13/h1-2,5,7,13,16H,3-4,6,8-10H2.